The third kappa shape index (κ3) is 5.57. The van der Waals surface area contributed by atoms with E-state index in [1.807, 2.05) is 0 Å². The largest absolute Gasteiger partial charge is 0.465 e. The minimum absolute atomic E-state index is 0.0325. The van der Waals surface area contributed by atoms with Gasteiger partial charge in [0.15, 0.2) is 17.7 Å². The van der Waals surface area contributed by atoms with Crippen molar-refractivity contribution in [2.75, 3.05) is 24.7 Å². The number of nitrogen functional groups attached to an aromatic ring is 2. The van der Waals surface area contributed by atoms with Crippen molar-refractivity contribution < 1.29 is 38.1 Å². The highest BCUT2D eigenvalue weighted by Gasteiger charge is 2.54. The maximum Gasteiger partial charge on any atom is 0.459 e. The number of nitrogens with one attached hydrogen (secondary N) is 1. The average Bonchev–Trinajstić information content (AvgIpc) is 3.37. The molecule has 206 valence electrons. The Kier molecular flexibility index (Phi) is 7.88. The number of ether oxygens (including phenoxy) is 2. The number of rotatable bonds is 10. The first-order valence-corrected chi connectivity index (χ1v) is 13.2. The standard InChI is InChI=1S/C22H30N7O8P/c1-4-34-19(31)12(2)28-38(33,37-13-8-6-5-7-9-13)35-10-14-16(30)22(3,32)20(36-14)29-11-25-15-17(23)26-21(24)27-18(15)29/h5-9,11-12,14,16,20,30,32H,4,10H2,1-3H3,(H,28,33)(H4,23,24,26,27)/t12-,14?,16-,20+,22?,38?/m0/s1. The number of carbonyl (C=O) groups excluding carboxylic acids is 1. The molecule has 0 bridgehead atoms. The molecule has 1 aliphatic rings. The van der Waals surface area contributed by atoms with Gasteiger partial charge in [0.25, 0.3) is 0 Å². The van der Waals surface area contributed by atoms with Crippen molar-refractivity contribution in [1.82, 2.24) is 24.6 Å². The van der Waals surface area contributed by atoms with E-state index in [1.165, 1.54) is 24.7 Å². The first kappa shape index (κ1) is 27.7. The molecule has 2 aromatic heterocycles. The second-order valence-electron chi connectivity index (χ2n) is 8.79. The lowest BCUT2D eigenvalue weighted by atomic mass is 9.96. The Balaban J connectivity index is 1.56. The van der Waals surface area contributed by atoms with Crippen LogP contribution in [0.1, 0.15) is 27.0 Å². The fourth-order valence-electron chi connectivity index (χ4n) is 3.94. The highest BCUT2D eigenvalue weighted by atomic mass is 31.2. The molecule has 1 aliphatic heterocycles. The monoisotopic (exact) mass is 551 g/mol. The lowest BCUT2D eigenvalue weighted by Gasteiger charge is -2.27. The molecule has 0 amide bonds. The van der Waals surface area contributed by atoms with Crippen molar-refractivity contribution in [3.63, 3.8) is 0 Å². The molecule has 3 unspecified atom stereocenters. The Morgan fingerprint density at radius 1 is 1.32 bits per heavy atom. The van der Waals surface area contributed by atoms with Crippen LogP contribution < -0.4 is 21.1 Å². The summed E-state index contributed by atoms with van der Waals surface area (Å²) in [5, 5.41) is 24.6. The Morgan fingerprint density at radius 3 is 2.71 bits per heavy atom. The van der Waals surface area contributed by atoms with E-state index in [4.69, 9.17) is 30.0 Å². The van der Waals surface area contributed by atoms with E-state index in [1.54, 1.807) is 37.3 Å². The number of aliphatic hydroxyl groups excluding tert-OH is 1. The molecule has 3 heterocycles. The van der Waals surface area contributed by atoms with Gasteiger partial charge in [0.2, 0.25) is 5.95 Å². The van der Waals surface area contributed by atoms with E-state index in [0.717, 1.165) is 0 Å². The van der Waals surface area contributed by atoms with Gasteiger partial charge in [0, 0.05) is 0 Å². The van der Waals surface area contributed by atoms with E-state index < -0.39 is 50.4 Å². The highest BCUT2D eigenvalue weighted by molar-refractivity contribution is 7.52. The van der Waals surface area contributed by atoms with Crippen molar-refractivity contribution in [3.8, 4) is 5.75 Å². The minimum atomic E-state index is -4.22. The van der Waals surface area contributed by atoms with Crippen LogP contribution in [0.2, 0.25) is 0 Å². The predicted octanol–water partition coefficient (Wildman–Crippen LogP) is 0.745. The Morgan fingerprint density at radius 2 is 2.03 bits per heavy atom. The maximum atomic E-state index is 13.7. The fourth-order valence-corrected chi connectivity index (χ4v) is 5.45. The van der Waals surface area contributed by atoms with Gasteiger partial charge in [-0.15, -0.1) is 0 Å². The number of hydrogen-bond acceptors (Lipinski definition) is 13. The summed E-state index contributed by atoms with van der Waals surface area (Å²) in [6, 6.07) is 7.12. The summed E-state index contributed by atoms with van der Waals surface area (Å²) in [5.41, 5.74) is 10.1. The van der Waals surface area contributed by atoms with Gasteiger partial charge in [-0.25, -0.2) is 9.55 Å². The van der Waals surface area contributed by atoms with Crippen LogP contribution in [0.15, 0.2) is 36.7 Å². The number of nitrogens with two attached hydrogens (primary N) is 2. The molecule has 16 heteroatoms. The number of para-hydroxylation sites is 1. The summed E-state index contributed by atoms with van der Waals surface area (Å²) in [4.78, 5) is 24.3. The van der Waals surface area contributed by atoms with Crippen molar-refractivity contribution in [1.29, 1.82) is 0 Å². The van der Waals surface area contributed by atoms with Gasteiger partial charge < -0.3 is 35.7 Å². The maximum absolute atomic E-state index is 13.7. The molecule has 1 fully saturated rings. The molecule has 0 aliphatic carbocycles. The third-order valence-corrected chi connectivity index (χ3v) is 7.49. The number of hydrogen-bond donors (Lipinski definition) is 5. The Labute approximate surface area is 217 Å². The summed E-state index contributed by atoms with van der Waals surface area (Å²) in [5.74, 6) is -0.543. The molecule has 0 saturated carbocycles. The molecule has 3 aromatic rings. The molecule has 4 rings (SSSR count). The van der Waals surface area contributed by atoms with Gasteiger partial charge in [-0.05, 0) is 32.9 Å². The summed E-state index contributed by atoms with van der Waals surface area (Å²) in [6.45, 7) is 4.06. The number of aliphatic hydroxyl groups is 2. The second kappa shape index (κ2) is 10.8. The number of esters is 1. The fraction of sp³-hybridized carbons (Fsp3) is 0.455. The van der Waals surface area contributed by atoms with Crippen LogP contribution in [0.4, 0.5) is 11.8 Å². The number of imidazole rings is 1. The predicted molar refractivity (Wildman–Crippen MR) is 135 cm³/mol. The minimum Gasteiger partial charge on any atom is -0.465 e. The van der Waals surface area contributed by atoms with E-state index >= 15 is 0 Å². The summed E-state index contributed by atoms with van der Waals surface area (Å²) < 4.78 is 37.1. The number of carbonyl (C=O) groups is 1. The Bertz CT molecular complexity index is 1340. The van der Waals surface area contributed by atoms with Gasteiger partial charge in [-0.3, -0.25) is 13.9 Å². The van der Waals surface area contributed by atoms with Crippen molar-refractivity contribution in [2.24, 2.45) is 0 Å². The zero-order valence-electron chi connectivity index (χ0n) is 20.9. The molecule has 0 spiro atoms. The second-order valence-corrected chi connectivity index (χ2v) is 10.5. The Hall–Kier alpha value is -3.33. The molecular formula is C22H30N7O8P. The summed E-state index contributed by atoms with van der Waals surface area (Å²) in [6.07, 6.45) is -2.58. The molecule has 7 N–H and O–H groups in total. The van der Waals surface area contributed by atoms with Gasteiger partial charge in [0.1, 0.15) is 35.1 Å². The first-order valence-electron chi connectivity index (χ1n) is 11.7. The zero-order chi connectivity index (χ0) is 27.7. The third-order valence-electron chi connectivity index (χ3n) is 5.84. The topological polar surface area (TPSA) is 219 Å². The van der Waals surface area contributed by atoms with E-state index in [0.29, 0.717) is 0 Å². The van der Waals surface area contributed by atoms with Crippen LogP contribution in [0.3, 0.4) is 0 Å². The number of nitrogens with zero attached hydrogens (tertiary/aromatic N) is 4. The highest BCUT2D eigenvalue weighted by Crippen LogP contribution is 2.47. The number of benzene rings is 1. The van der Waals surface area contributed by atoms with Crippen molar-refractivity contribution in [2.45, 2.75) is 50.8 Å². The number of anilines is 2. The van der Waals surface area contributed by atoms with Crippen LogP contribution in [-0.2, 0) is 23.4 Å². The van der Waals surface area contributed by atoms with Gasteiger partial charge in [-0.1, -0.05) is 18.2 Å². The molecule has 38 heavy (non-hydrogen) atoms. The number of fused-ring (bicyclic) bond motifs is 1. The van der Waals surface area contributed by atoms with Crippen LogP contribution in [0.25, 0.3) is 11.2 Å². The van der Waals surface area contributed by atoms with Crippen LogP contribution >= 0.6 is 7.75 Å². The summed E-state index contributed by atoms with van der Waals surface area (Å²) >= 11 is 0. The summed E-state index contributed by atoms with van der Waals surface area (Å²) in [7, 11) is -4.22. The van der Waals surface area contributed by atoms with Crippen LogP contribution in [0, 0.1) is 0 Å². The zero-order valence-corrected chi connectivity index (χ0v) is 21.8. The average molecular weight is 551 g/mol. The SMILES string of the molecule is CCOC(=O)[C@H](C)NP(=O)(OCC1O[C@@H](n2cnc3c(N)nc(N)nc32)C(C)(O)[C@H]1O)Oc1ccccc1. The molecule has 1 saturated heterocycles. The van der Waals surface area contributed by atoms with E-state index in [-0.39, 0.29) is 35.3 Å². The molecule has 1 aromatic carbocycles. The lowest BCUT2D eigenvalue weighted by molar-refractivity contribution is -0.144. The number of aromatic nitrogens is 4. The smallest absolute Gasteiger partial charge is 0.459 e. The van der Waals surface area contributed by atoms with Gasteiger partial charge in [0.05, 0.1) is 19.5 Å². The van der Waals surface area contributed by atoms with Crippen LogP contribution in [0.5, 0.6) is 5.75 Å². The van der Waals surface area contributed by atoms with Crippen LogP contribution in [-0.4, -0.2) is 72.8 Å². The van der Waals surface area contributed by atoms with Gasteiger partial charge in [-0.2, -0.15) is 15.1 Å². The lowest BCUT2D eigenvalue weighted by Crippen LogP contribution is -2.44. The van der Waals surface area contributed by atoms with E-state index in [9.17, 15) is 19.6 Å². The first-order chi connectivity index (χ1) is 17.9. The quantitative estimate of drug-likeness (QED) is 0.173. The van der Waals surface area contributed by atoms with Gasteiger partial charge >= 0.3 is 13.7 Å². The van der Waals surface area contributed by atoms with E-state index in [2.05, 4.69) is 20.0 Å². The molecule has 6 atom stereocenters. The molecular weight excluding hydrogens is 521 g/mol. The van der Waals surface area contributed by atoms with Crippen molar-refractivity contribution in [3.05, 3.63) is 36.7 Å². The van der Waals surface area contributed by atoms with Crippen molar-refractivity contribution >= 4 is 36.6 Å². The normalized spacial score (nSPS) is 25.7. The molecule has 0 radical (unpaired) electrons. The molecule has 15 nitrogen and oxygen atoms in total.